The first-order valence-electron chi connectivity index (χ1n) is 9.68. The predicted molar refractivity (Wildman–Crippen MR) is 119 cm³/mol. The molecule has 4 nitrogen and oxygen atoms in total. The van der Waals surface area contributed by atoms with Crippen molar-refractivity contribution < 1.29 is 4.74 Å². The van der Waals surface area contributed by atoms with E-state index >= 15 is 0 Å². The van der Waals surface area contributed by atoms with Gasteiger partial charge in [0.2, 0.25) is 0 Å². The number of fused-ring (bicyclic) bond motifs is 2. The molecule has 0 fully saturated rings. The van der Waals surface area contributed by atoms with Crippen LogP contribution >= 0.6 is 12.4 Å². The Morgan fingerprint density at radius 1 is 1.03 bits per heavy atom. The lowest BCUT2D eigenvalue weighted by Crippen LogP contribution is -2.33. The van der Waals surface area contributed by atoms with Crippen molar-refractivity contribution in [2.45, 2.75) is 25.1 Å². The first-order chi connectivity index (χ1) is 13.8. The zero-order valence-electron chi connectivity index (χ0n) is 16.3. The van der Waals surface area contributed by atoms with Crippen LogP contribution in [0.4, 0.5) is 0 Å². The van der Waals surface area contributed by atoms with Gasteiger partial charge in [-0.25, -0.2) is 4.98 Å². The van der Waals surface area contributed by atoms with E-state index in [1.807, 2.05) is 0 Å². The summed E-state index contributed by atoms with van der Waals surface area (Å²) in [4.78, 5) is 7.49. The SMILES string of the molecule is CO[C@@H]1c2ccccc2C[C@@H]1NCc1ccc(-c2ccc3[nH]cnc3c2)cc1.Cl. The second-order valence-corrected chi connectivity index (χ2v) is 7.38. The number of ether oxygens (including phenoxy) is 1. The fraction of sp³-hybridized carbons (Fsp3) is 0.208. The smallest absolute Gasteiger partial charge is 0.0980 e. The van der Waals surface area contributed by atoms with Gasteiger partial charge in [0.25, 0.3) is 0 Å². The highest BCUT2D eigenvalue weighted by atomic mass is 35.5. The topological polar surface area (TPSA) is 49.9 Å². The molecule has 2 atom stereocenters. The average Bonchev–Trinajstić information content (AvgIpc) is 3.35. The van der Waals surface area contributed by atoms with Crippen LogP contribution in [-0.4, -0.2) is 23.1 Å². The third-order valence-corrected chi connectivity index (χ3v) is 5.70. The van der Waals surface area contributed by atoms with Crippen LogP contribution in [0.25, 0.3) is 22.2 Å². The highest BCUT2D eigenvalue weighted by Crippen LogP contribution is 2.33. The molecule has 1 aromatic heterocycles. The minimum Gasteiger partial charge on any atom is -0.375 e. The van der Waals surface area contributed by atoms with Crippen molar-refractivity contribution in [1.82, 2.24) is 15.3 Å². The van der Waals surface area contributed by atoms with Crippen LogP contribution in [0.1, 0.15) is 22.8 Å². The molecule has 0 radical (unpaired) electrons. The molecular weight excluding hydrogens is 382 g/mol. The van der Waals surface area contributed by atoms with Gasteiger partial charge in [0.05, 0.1) is 23.5 Å². The molecule has 0 saturated heterocycles. The zero-order chi connectivity index (χ0) is 18.9. The van der Waals surface area contributed by atoms with Crippen molar-refractivity contribution in [3.8, 4) is 11.1 Å². The number of methoxy groups -OCH3 is 1. The normalized spacial score (nSPS) is 17.8. The highest BCUT2D eigenvalue weighted by Gasteiger charge is 2.31. The quantitative estimate of drug-likeness (QED) is 0.488. The van der Waals surface area contributed by atoms with Gasteiger partial charge in [0.15, 0.2) is 0 Å². The predicted octanol–water partition coefficient (Wildman–Crippen LogP) is 5.05. The van der Waals surface area contributed by atoms with E-state index in [1.165, 1.54) is 27.8 Å². The molecule has 3 aromatic carbocycles. The fourth-order valence-electron chi connectivity index (χ4n) is 4.20. The van der Waals surface area contributed by atoms with Crippen LogP contribution in [0.3, 0.4) is 0 Å². The molecule has 2 N–H and O–H groups in total. The summed E-state index contributed by atoms with van der Waals surface area (Å²) in [7, 11) is 1.80. The number of aromatic nitrogens is 2. The van der Waals surface area contributed by atoms with Gasteiger partial charge >= 0.3 is 0 Å². The van der Waals surface area contributed by atoms with Crippen LogP contribution in [-0.2, 0) is 17.7 Å². The summed E-state index contributed by atoms with van der Waals surface area (Å²) in [5.74, 6) is 0. The second-order valence-electron chi connectivity index (χ2n) is 7.38. The van der Waals surface area contributed by atoms with Gasteiger partial charge in [-0.1, -0.05) is 54.6 Å². The summed E-state index contributed by atoms with van der Waals surface area (Å²) in [5, 5.41) is 3.69. The molecule has 0 spiro atoms. The number of hydrogen-bond acceptors (Lipinski definition) is 3. The van der Waals surface area contributed by atoms with Crippen molar-refractivity contribution in [3.63, 3.8) is 0 Å². The van der Waals surface area contributed by atoms with Gasteiger partial charge < -0.3 is 15.0 Å². The lowest BCUT2D eigenvalue weighted by Gasteiger charge is -2.20. The Morgan fingerprint density at radius 2 is 1.83 bits per heavy atom. The van der Waals surface area contributed by atoms with Crippen molar-refractivity contribution in [3.05, 3.63) is 89.7 Å². The average molecular weight is 406 g/mol. The Hall–Kier alpha value is -2.66. The molecule has 1 heterocycles. The van der Waals surface area contributed by atoms with Crippen molar-refractivity contribution in [2.75, 3.05) is 7.11 Å². The molecule has 0 unspecified atom stereocenters. The van der Waals surface area contributed by atoms with E-state index in [2.05, 4.69) is 82.0 Å². The third-order valence-electron chi connectivity index (χ3n) is 5.70. The molecule has 4 aromatic rings. The molecule has 5 heteroatoms. The number of benzene rings is 3. The molecular formula is C24H24ClN3O. The monoisotopic (exact) mass is 405 g/mol. The van der Waals surface area contributed by atoms with Gasteiger partial charge in [-0.05, 0) is 46.4 Å². The molecule has 0 saturated carbocycles. The number of H-pyrrole nitrogens is 1. The van der Waals surface area contributed by atoms with Crippen molar-refractivity contribution >= 4 is 23.4 Å². The maximum Gasteiger partial charge on any atom is 0.0980 e. The van der Waals surface area contributed by atoms with Crippen LogP contribution in [0, 0.1) is 0 Å². The number of rotatable bonds is 5. The summed E-state index contributed by atoms with van der Waals surface area (Å²) in [6, 6.07) is 24.0. The number of imidazole rings is 1. The van der Waals surface area contributed by atoms with E-state index in [9.17, 15) is 0 Å². The molecule has 5 rings (SSSR count). The summed E-state index contributed by atoms with van der Waals surface area (Å²) >= 11 is 0. The van der Waals surface area contributed by atoms with Crippen LogP contribution < -0.4 is 5.32 Å². The second kappa shape index (κ2) is 8.37. The first kappa shape index (κ1) is 19.6. The lowest BCUT2D eigenvalue weighted by atomic mass is 10.0. The van der Waals surface area contributed by atoms with Crippen molar-refractivity contribution in [2.24, 2.45) is 0 Å². The van der Waals surface area contributed by atoms with Crippen LogP contribution in [0.5, 0.6) is 0 Å². The van der Waals surface area contributed by atoms with E-state index in [0.29, 0.717) is 6.04 Å². The summed E-state index contributed by atoms with van der Waals surface area (Å²) in [6.07, 6.45) is 2.87. The molecule has 1 aliphatic rings. The first-order valence-corrected chi connectivity index (χ1v) is 9.68. The minimum absolute atomic E-state index is 0. The largest absolute Gasteiger partial charge is 0.375 e. The summed E-state index contributed by atoms with van der Waals surface area (Å²) in [6.45, 7) is 0.831. The summed E-state index contributed by atoms with van der Waals surface area (Å²) < 4.78 is 5.77. The number of nitrogens with one attached hydrogen (secondary N) is 2. The zero-order valence-corrected chi connectivity index (χ0v) is 17.1. The Labute approximate surface area is 176 Å². The van der Waals surface area contributed by atoms with E-state index in [0.717, 1.165) is 24.0 Å². The van der Waals surface area contributed by atoms with Gasteiger partial charge in [0, 0.05) is 19.7 Å². The number of aromatic amines is 1. The molecule has 1 aliphatic carbocycles. The van der Waals surface area contributed by atoms with Crippen LogP contribution in [0.15, 0.2) is 73.1 Å². The molecule has 0 amide bonds. The maximum absolute atomic E-state index is 5.77. The Kier molecular flexibility index (Phi) is 5.67. The Morgan fingerprint density at radius 3 is 2.66 bits per heavy atom. The number of halogens is 1. The maximum atomic E-state index is 5.77. The Bertz CT molecular complexity index is 1110. The van der Waals surface area contributed by atoms with Crippen LogP contribution in [0.2, 0.25) is 0 Å². The third kappa shape index (κ3) is 3.79. The van der Waals surface area contributed by atoms with Gasteiger partial charge in [-0.15, -0.1) is 12.4 Å². The molecule has 0 aliphatic heterocycles. The number of hydrogen-bond donors (Lipinski definition) is 2. The molecule has 29 heavy (non-hydrogen) atoms. The lowest BCUT2D eigenvalue weighted by molar-refractivity contribution is 0.0777. The standard InChI is InChI=1S/C24H23N3O.ClH/c1-28-24-20-5-3-2-4-19(20)13-23(24)25-14-16-6-8-17(9-7-16)18-10-11-21-22(12-18)27-15-26-21;/h2-12,15,23-25H,13-14H2,1H3,(H,26,27);1H/t23-,24+;/m0./s1. The van der Waals surface area contributed by atoms with Gasteiger partial charge in [-0.3, -0.25) is 0 Å². The Balaban J connectivity index is 0.00000205. The fourth-order valence-corrected chi connectivity index (χ4v) is 4.20. The van der Waals surface area contributed by atoms with Crippen molar-refractivity contribution in [1.29, 1.82) is 0 Å². The number of nitrogens with zero attached hydrogens (tertiary/aromatic N) is 1. The van der Waals surface area contributed by atoms with E-state index in [-0.39, 0.29) is 18.5 Å². The van der Waals surface area contributed by atoms with E-state index < -0.39 is 0 Å². The van der Waals surface area contributed by atoms with E-state index in [4.69, 9.17) is 4.74 Å². The molecule has 0 bridgehead atoms. The summed E-state index contributed by atoms with van der Waals surface area (Å²) in [5.41, 5.74) is 8.42. The molecule has 148 valence electrons. The van der Waals surface area contributed by atoms with Gasteiger partial charge in [0.1, 0.15) is 0 Å². The van der Waals surface area contributed by atoms with E-state index in [1.54, 1.807) is 13.4 Å². The highest BCUT2D eigenvalue weighted by molar-refractivity contribution is 5.85. The minimum atomic E-state index is 0. The van der Waals surface area contributed by atoms with Gasteiger partial charge in [-0.2, -0.15) is 0 Å².